The Hall–Kier alpha value is -1.52. The van der Waals surface area contributed by atoms with Gasteiger partial charge in [-0.1, -0.05) is 23.2 Å². The number of aromatic nitrogens is 1. The molecule has 1 heterocycles. The number of methoxy groups -OCH3 is 1. The van der Waals surface area contributed by atoms with Crippen LogP contribution >= 0.6 is 23.2 Å². The first kappa shape index (κ1) is 12.0. The summed E-state index contributed by atoms with van der Waals surface area (Å²) < 4.78 is 9.36. The molecule has 0 saturated heterocycles. The van der Waals surface area contributed by atoms with E-state index in [1.807, 2.05) is 0 Å². The van der Waals surface area contributed by atoms with Gasteiger partial charge in [-0.25, -0.2) is 4.79 Å². The zero-order chi connectivity index (χ0) is 12.4. The predicted octanol–water partition coefficient (Wildman–Crippen LogP) is 3.69. The molecule has 0 aliphatic carbocycles. The fraction of sp³-hybridized carbons (Fsp3) is 0.0909. The van der Waals surface area contributed by atoms with Crippen molar-refractivity contribution in [2.24, 2.45) is 0 Å². The second-order valence-corrected chi connectivity index (χ2v) is 3.94. The van der Waals surface area contributed by atoms with Crippen LogP contribution in [0.3, 0.4) is 0 Å². The quantitative estimate of drug-likeness (QED) is 0.586. The Labute approximate surface area is 107 Å². The second kappa shape index (κ2) is 4.77. The molecule has 1 aromatic carbocycles. The third kappa shape index (κ3) is 2.28. The van der Waals surface area contributed by atoms with Gasteiger partial charge in [-0.2, -0.15) is 0 Å². The van der Waals surface area contributed by atoms with Gasteiger partial charge in [0.1, 0.15) is 5.52 Å². The molecule has 0 radical (unpaired) electrons. The number of carbonyl (C=O) groups is 1. The van der Waals surface area contributed by atoms with E-state index < -0.39 is 6.16 Å². The molecule has 0 aliphatic rings. The molecule has 17 heavy (non-hydrogen) atoms. The third-order valence-electron chi connectivity index (χ3n) is 2.10. The van der Waals surface area contributed by atoms with Crippen LogP contribution in [0.25, 0.3) is 10.9 Å². The van der Waals surface area contributed by atoms with Crippen LogP contribution in [-0.2, 0) is 4.74 Å². The number of pyridine rings is 1. The van der Waals surface area contributed by atoms with E-state index in [1.165, 1.54) is 13.2 Å². The smallest absolute Gasteiger partial charge is 0.437 e. The molecule has 88 valence electrons. The topological polar surface area (TPSA) is 48.4 Å². The van der Waals surface area contributed by atoms with Gasteiger partial charge in [0.25, 0.3) is 0 Å². The van der Waals surface area contributed by atoms with Crippen molar-refractivity contribution in [3.63, 3.8) is 0 Å². The van der Waals surface area contributed by atoms with Gasteiger partial charge in [0, 0.05) is 11.6 Å². The van der Waals surface area contributed by atoms with Gasteiger partial charge in [-0.05, 0) is 18.2 Å². The highest BCUT2D eigenvalue weighted by atomic mass is 35.5. The molecule has 4 nitrogen and oxygen atoms in total. The second-order valence-electron chi connectivity index (χ2n) is 3.13. The molecular weight excluding hydrogens is 265 g/mol. The molecule has 0 amide bonds. The van der Waals surface area contributed by atoms with Gasteiger partial charge >= 0.3 is 6.16 Å². The molecule has 1 aromatic heterocycles. The van der Waals surface area contributed by atoms with Crippen molar-refractivity contribution in [2.45, 2.75) is 0 Å². The number of halogens is 2. The lowest BCUT2D eigenvalue weighted by Gasteiger charge is -2.08. The summed E-state index contributed by atoms with van der Waals surface area (Å²) in [6.07, 6.45) is 0.695. The van der Waals surface area contributed by atoms with Gasteiger partial charge in [0.2, 0.25) is 0 Å². The van der Waals surface area contributed by atoms with Crippen LogP contribution in [0.4, 0.5) is 4.79 Å². The van der Waals surface area contributed by atoms with Crippen molar-refractivity contribution in [1.29, 1.82) is 0 Å². The van der Waals surface area contributed by atoms with Gasteiger partial charge in [0.15, 0.2) is 5.75 Å². The zero-order valence-electron chi connectivity index (χ0n) is 8.74. The van der Waals surface area contributed by atoms with Crippen LogP contribution in [0.1, 0.15) is 0 Å². The van der Waals surface area contributed by atoms with Gasteiger partial charge < -0.3 is 9.47 Å². The number of fused-ring (bicyclic) bond motifs is 1. The molecular formula is C11H7Cl2NO3. The number of benzene rings is 1. The summed E-state index contributed by atoms with van der Waals surface area (Å²) in [6, 6.07) is 4.97. The Morgan fingerprint density at radius 1 is 1.35 bits per heavy atom. The minimum atomic E-state index is -0.860. The lowest BCUT2D eigenvalue weighted by molar-refractivity contribution is 0.122. The summed E-state index contributed by atoms with van der Waals surface area (Å²) in [5.41, 5.74) is 0.412. The monoisotopic (exact) mass is 271 g/mol. The van der Waals surface area contributed by atoms with E-state index in [-0.39, 0.29) is 10.8 Å². The van der Waals surface area contributed by atoms with E-state index in [9.17, 15) is 4.79 Å². The average Bonchev–Trinajstić information content (AvgIpc) is 2.34. The maximum atomic E-state index is 11.1. The third-order valence-corrected chi connectivity index (χ3v) is 2.70. The van der Waals surface area contributed by atoms with E-state index in [0.717, 1.165) is 0 Å². The Morgan fingerprint density at radius 2 is 2.12 bits per heavy atom. The highest BCUT2D eigenvalue weighted by molar-refractivity contribution is 6.39. The SMILES string of the molecule is COC(=O)Oc1c(Cl)cc(Cl)c2cccnc12. The van der Waals surface area contributed by atoms with Crippen molar-refractivity contribution in [1.82, 2.24) is 4.98 Å². The Kier molecular flexibility index (Phi) is 3.36. The molecule has 6 heteroatoms. The summed E-state index contributed by atoms with van der Waals surface area (Å²) in [4.78, 5) is 15.2. The molecule has 0 aliphatic heterocycles. The summed E-state index contributed by atoms with van der Waals surface area (Å²) in [5.74, 6) is 0.138. The van der Waals surface area contributed by atoms with Crippen LogP contribution in [0.2, 0.25) is 10.0 Å². The maximum Gasteiger partial charge on any atom is 0.513 e. The number of hydrogen-bond acceptors (Lipinski definition) is 4. The largest absolute Gasteiger partial charge is 0.513 e. The lowest BCUT2D eigenvalue weighted by atomic mass is 10.2. The van der Waals surface area contributed by atoms with Crippen LogP contribution in [-0.4, -0.2) is 18.2 Å². The summed E-state index contributed by atoms with van der Waals surface area (Å²) in [5, 5.41) is 1.29. The lowest BCUT2D eigenvalue weighted by Crippen LogP contribution is -2.08. The molecule has 0 spiro atoms. The Bertz CT molecular complexity index is 586. The van der Waals surface area contributed by atoms with Crippen molar-refractivity contribution < 1.29 is 14.3 Å². The maximum absolute atomic E-state index is 11.1. The van der Waals surface area contributed by atoms with Gasteiger partial charge in [0.05, 0.1) is 17.2 Å². The number of hydrogen-bond donors (Lipinski definition) is 0. The van der Waals surface area contributed by atoms with E-state index in [1.54, 1.807) is 18.3 Å². The molecule has 0 unspecified atom stereocenters. The zero-order valence-corrected chi connectivity index (χ0v) is 10.2. The van der Waals surface area contributed by atoms with Crippen molar-refractivity contribution in [3.8, 4) is 5.75 Å². The minimum Gasteiger partial charge on any atom is -0.437 e. The summed E-state index contributed by atoms with van der Waals surface area (Å²) in [7, 11) is 1.21. The first-order valence-electron chi connectivity index (χ1n) is 4.62. The predicted molar refractivity (Wildman–Crippen MR) is 64.8 cm³/mol. The molecule has 0 saturated carbocycles. The van der Waals surface area contributed by atoms with Crippen LogP contribution in [0.5, 0.6) is 5.75 Å². The van der Waals surface area contributed by atoms with E-state index in [0.29, 0.717) is 15.9 Å². The number of rotatable bonds is 1. The first-order valence-corrected chi connectivity index (χ1v) is 5.37. The fourth-order valence-electron chi connectivity index (χ4n) is 1.37. The fourth-order valence-corrected chi connectivity index (χ4v) is 1.92. The number of nitrogens with zero attached hydrogens (tertiary/aromatic N) is 1. The minimum absolute atomic E-state index is 0.138. The summed E-state index contributed by atoms with van der Waals surface area (Å²) in [6.45, 7) is 0. The standard InChI is InChI=1S/C11H7Cl2NO3/c1-16-11(15)17-10-8(13)5-7(12)6-3-2-4-14-9(6)10/h2-5H,1H3. The molecule has 0 N–H and O–H groups in total. The van der Waals surface area contributed by atoms with Gasteiger partial charge in [-0.15, -0.1) is 0 Å². The number of carbonyl (C=O) groups excluding carboxylic acids is 1. The Morgan fingerprint density at radius 3 is 2.82 bits per heavy atom. The molecule has 0 fully saturated rings. The van der Waals surface area contributed by atoms with Crippen LogP contribution in [0, 0.1) is 0 Å². The van der Waals surface area contributed by atoms with Crippen molar-refractivity contribution >= 4 is 40.3 Å². The highest BCUT2D eigenvalue weighted by Gasteiger charge is 2.15. The Balaban J connectivity index is 2.65. The highest BCUT2D eigenvalue weighted by Crippen LogP contribution is 2.36. The molecule has 2 rings (SSSR count). The van der Waals surface area contributed by atoms with Crippen molar-refractivity contribution in [3.05, 3.63) is 34.4 Å². The van der Waals surface area contributed by atoms with E-state index >= 15 is 0 Å². The first-order chi connectivity index (χ1) is 8.13. The normalized spacial score (nSPS) is 10.3. The van der Waals surface area contributed by atoms with Crippen LogP contribution < -0.4 is 4.74 Å². The van der Waals surface area contributed by atoms with E-state index in [4.69, 9.17) is 27.9 Å². The number of ether oxygens (including phenoxy) is 2. The van der Waals surface area contributed by atoms with Crippen LogP contribution in [0.15, 0.2) is 24.4 Å². The average molecular weight is 272 g/mol. The summed E-state index contributed by atoms with van der Waals surface area (Å²) >= 11 is 12.0. The molecule has 0 atom stereocenters. The van der Waals surface area contributed by atoms with Gasteiger partial charge in [-0.3, -0.25) is 4.98 Å². The van der Waals surface area contributed by atoms with E-state index in [2.05, 4.69) is 9.72 Å². The molecule has 0 bridgehead atoms. The van der Waals surface area contributed by atoms with Crippen molar-refractivity contribution in [2.75, 3.05) is 7.11 Å². The molecule has 2 aromatic rings.